The highest BCUT2D eigenvalue weighted by Crippen LogP contribution is 2.39. The molecule has 0 saturated heterocycles. The third-order valence-corrected chi connectivity index (χ3v) is 10.6. The smallest absolute Gasteiger partial charge is 0.0541 e. The minimum atomic E-state index is 1.11. The summed E-state index contributed by atoms with van der Waals surface area (Å²) in [6.45, 7) is 8.00. The zero-order valence-electron chi connectivity index (χ0n) is 33.7. The van der Waals surface area contributed by atoms with Crippen LogP contribution in [0.1, 0.15) is 27.7 Å². The van der Waals surface area contributed by atoms with Crippen LogP contribution in [0.15, 0.2) is 218 Å². The van der Waals surface area contributed by atoms with Crippen LogP contribution in [-0.2, 0) is 0 Å². The Morgan fingerprint density at radius 2 is 0.776 bits per heavy atom. The lowest BCUT2D eigenvalue weighted by Gasteiger charge is -2.26. The molecule has 0 atom stereocenters. The number of fused-ring (bicyclic) bond motifs is 4. The lowest BCUT2D eigenvalue weighted by Crippen LogP contribution is -2.09. The van der Waals surface area contributed by atoms with Gasteiger partial charge in [-0.3, -0.25) is 0 Å². The van der Waals surface area contributed by atoms with Crippen LogP contribution in [0, 0.1) is 0 Å². The summed E-state index contributed by atoms with van der Waals surface area (Å²) in [6.07, 6.45) is 0. The second kappa shape index (κ2) is 17.3. The third kappa shape index (κ3) is 7.29. The van der Waals surface area contributed by atoms with Gasteiger partial charge in [-0.05, 0) is 111 Å². The minimum Gasteiger partial charge on any atom is -0.311 e. The van der Waals surface area contributed by atoms with Crippen molar-refractivity contribution in [3.8, 4) is 39.1 Å². The van der Waals surface area contributed by atoms with Crippen LogP contribution in [0.5, 0.6) is 0 Å². The van der Waals surface area contributed by atoms with Crippen molar-refractivity contribution in [3.63, 3.8) is 0 Å². The summed E-state index contributed by atoms with van der Waals surface area (Å²) < 4.78 is 2.38. The van der Waals surface area contributed by atoms with E-state index in [2.05, 4.69) is 228 Å². The van der Waals surface area contributed by atoms with Crippen molar-refractivity contribution in [2.45, 2.75) is 27.7 Å². The summed E-state index contributed by atoms with van der Waals surface area (Å²) >= 11 is 0. The second-order valence-electron chi connectivity index (χ2n) is 13.8. The van der Waals surface area contributed by atoms with Gasteiger partial charge in [-0.1, -0.05) is 179 Å². The molecule has 0 fully saturated rings. The third-order valence-electron chi connectivity index (χ3n) is 10.6. The highest BCUT2D eigenvalue weighted by molar-refractivity contribution is 6.10. The van der Waals surface area contributed by atoms with E-state index in [0.717, 1.165) is 22.7 Å². The molecule has 0 aliphatic carbocycles. The predicted molar refractivity (Wildman–Crippen MR) is 252 cm³/mol. The molecular weight excluding hydrogens is 701 g/mol. The van der Waals surface area contributed by atoms with Gasteiger partial charge in [0.25, 0.3) is 0 Å². The number of rotatable bonds is 7. The lowest BCUT2D eigenvalue weighted by atomic mass is 9.98. The fourth-order valence-corrected chi connectivity index (χ4v) is 7.96. The molecule has 58 heavy (non-hydrogen) atoms. The van der Waals surface area contributed by atoms with E-state index in [9.17, 15) is 0 Å². The van der Waals surface area contributed by atoms with Gasteiger partial charge in [0.1, 0.15) is 0 Å². The minimum absolute atomic E-state index is 1.11. The average Bonchev–Trinajstić information content (AvgIpc) is 3.65. The van der Waals surface area contributed by atoms with Gasteiger partial charge in [0.2, 0.25) is 0 Å². The monoisotopic (exact) mass is 748 g/mol. The van der Waals surface area contributed by atoms with Gasteiger partial charge in [0.05, 0.1) is 11.0 Å². The van der Waals surface area contributed by atoms with Crippen LogP contribution >= 0.6 is 0 Å². The van der Waals surface area contributed by atoms with E-state index in [4.69, 9.17) is 0 Å². The molecule has 2 nitrogen and oxygen atoms in total. The van der Waals surface area contributed by atoms with Crippen molar-refractivity contribution in [1.29, 1.82) is 0 Å². The standard InChI is InChI=1S/C52H36N2.2C2H6/c1-3-12-37(13-4-1)38-22-31-46(32-23-38)54-51-21-10-9-19-49(51)50-36-42(28-35-52(50)54)39-24-29-44(30-25-39)53(43-16-5-2-6-17-43)45-33-26-41(27-34-45)48-20-11-15-40-14-7-8-18-47(40)48;2*1-2/h1-36H;2*1-2H3. The Labute approximate surface area is 342 Å². The van der Waals surface area contributed by atoms with E-state index >= 15 is 0 Å². The topological polar surface area (TPSA) is 8.17 Å². The van der Waals surface area contributed by atoms with Gasteiger partial charge in [-0.25, -0.2) is 0 Å². The van der Waals surface area contributed by atoms with E-state index in [1.165, 1.54) is 66.0 Å². The summed E-state index contributed by atoms with van der Waals surface area (Å²) in [5, 5.41) is 5.02. The summed E-state index contributed by atoms with van der Waals surface area (Å²) in [6, 6.07) is 78.7. The Balaban J connectivity index is 0.00000114. The fourth-order valence-electron chi connectivity index (χ4n) is 7.96. The summed E-state index contributed by atoms with van der Waals surface area (Å²) in [7, 11) is 0. The van der Waals surface area contributed by atoms with Crippen molar-refractivity contribution in [2.75, 3.05) is 4.90 Å². The number of aromatic nitrogens is 1. The van der Waals surface area contributed by atoms with E-state index in [-0.39, 0.29) is 0 Å². The number of para-hydroxylation sites is 2. The van der Waals surface area contributed by atoms with Crippen LogP contribution in [-0.4, -0.2) is 4.57 Å². The van der Waals surface area contributed by atoms with Gasteiger partial charge in [0, 0.05) is 33.5 Å². The van der Waals surface area contributed by atoms with Gasteiger partial charge in [-0.15, -0.1) is 0 Å². The highest BCUT2D eigenvalue weighted by Gasteiger charge is 2.16. The Morgan fingerprint density at radius 1 is 0.310 bits per heavy atom. The van der Waals surface area contributed by atoms with E-state index in [1.807, 2.05) is 27.7 Å². The SMILES string of the molecule is CC.CC.c1ccc(-c2ccc(-n3c4ccccc4c4cc(-c5ccc(N(c6ccccc6)c6ccc(-c7cccc8ccccc78)cc6)cc5)ccc43)cc2)cc1. The van der Waals surface area contributed by atoms with Crippen LogP contribution in [0.2, 0.25) is 0 Å². The van der Waals surface area contributed by atoms with E-state index in [1.54, 1.807) is 0 Å². The van der Waals surface area contributed by atoms with Gasteiger partial charge in [0.15, 0.2) is 0 Å². The van der Waals surface area contributed by atoms with Crippen molar-refractivity contribution < 1.29 is 0 Å². The Hall–Kier alpha value is -7.16. The van der Waals surface area contributed by atoms with Crippen molar-refractivity contribution in [1.82, 2.24) is 4.57 Å². The quantitative estimate of drug-likeness (QED) is 0.158. The summed E-state index contributed by atoms with van der Waals surface area (Å²) in [5.74, 6) is 0. The molecule has 9 aromatic carbocycles. The molecule has 0 unspecified atom stereocenters. The maximum atomic E-state index is 2.38. The van der Waals surface area contributed by atoms with Crippen LogP contribution < -0.4 is 4.90 Å². The molecule has 1 aromatic heterocycles. The molecule has 0 radical (unpaired) electrons. The Bertz CT molecular complexity index is 2880. The second-order valence-corrected chi connectivity index (χ2v) is 13.8. The fraction of sp³-hybridized carbons (Fsp3) is 0.0714. The van der Waals surface area contributed by atoms with Gasteiger partial charge < -0.3 is 9.47 Å². The molecule has 0 amide bonds. The maximum Gasteiger partial charge on any atom is 0.0541 e. The Morgan fingerprint density at radius 3 is 1.47 bits per heavy atom. The molecule has 1 heterocycles. The van der Waals surface area contributed by atoms with Crippen LogP contribution in [0.25, 0.3) is 71.6 Å². The predicted octanol–water partition coefficient (Wildman–Crippen LogP) is 16.5. The van der Waals surface area contributed by atoms with Crippen molar-refractivity contribution >= 4 is 49.6 Å². The lowest BCUT2D eigenvalue weighted by molar-refractivity contribution is 1.18. The normalized spacial score (nSPS) is 10.8. The van der Waals surface area contributed by atoms with Crippen LogP contribution in [0.4, 0.5) is 17.1 Å². The van der Waals surface area contributed by atoms with Crippen molar-refractivity contribution in [3.05, 3.63) is 218 Å². The average molecular weight is 749 g/mol. The molecule has 2 heteroatoms. The first-order valence-corrected chi connectivity index (χ1v) is 20.5. The largest absolute Gasteiger partial charge is 0.311 e. The molecule has 0 spiro atoms. The highest BCUT2D eigenvalue weighted by atomic mass is 15.1. The molecule has 0 aliphatic rings. The van der Waals surface area contributed by atoms with E-state index < -0.39 is 0 Å². The molecule has 0 aliphatic heterocycles. The molecular formula is C56H48N2. The summed E-state index contributed by atoms with van der Waals surface area (Å²) in [4.78, 5) is 2.33. The first-order chi connectivity index (χ1) is 28.8. The molecule has 0 saturated carbocycles. The van der Waals surface area contributed by atoms with E-state index in [0.29, 0.717) is 0 Å². The Kier molecular flexibility index (Phi) is 11.3. The van der Waals surface area contributed by atoms with Gasteiger partial charge in [-0.2, -0.15) is 0 Å². The number of nitrogens with zero attached hydrogens (tertiary/aromatic N) is 2. The molecule has 282 valence electrons. The van der Waals surface area contributed by atoms with Crippen molar-refractivity contribution in [2.24, 2.45) is 0 Å². The summed E-state index contributed by atoms with van der Waals surface area (Å²) in [5.41, 5.74) is 14.2. The number of benzene rings is 9. The first kappa shape index (κ1) is 37.7. The first-order valence-electron chi connectivity index (χ1n) is 20.5. The number of anilines is 3. The van der Waals surface area contributed by atoms with Gasteiger partial charge >= 0.3 is 0 Å². The maximum absolute atomic E-state index is 2.38. The molecule has 10 rings (SSSR count). The number of hydrogen-bond acceptors (Lipinski definition) is 1. The number of hydrogen-bond donors (Lipinski definition) is 0. The zero-order valence-corrected chi connectivity index (χ0v) is 33.7. The zero-order chi connectivity index (χ0) is 39.8. The molecule has 0 bridgehead atoms. The molecule has 0 N–H and O–H groups in total. The van der Waals surface area contributed by atoms with Crippen LogP contribution in [0.3, 0.4) is 0 Å². The molecule has 10 aromatic rings.